The first kappa shape index (κ1) is 34.6. The second-order valence-electron chi connectivity index (χ2n) is 10.3. The SMILES string of the molecule is O=C(O)C(O)C(O)C(=O)O.c1ccc(N(c2ccccc2)c2ccccc2)cc1.c1ccc(N(c2ccccc2)c2ccccc2)cc1. The molecule has 8 nitrogen and oxygen atoms in total. The van der Waals surface area contributed by atoms with Crippen LogP contribution in [-0.2, 0) is 9.59 Å². The molecule has 0 bridgehead atoms. The summed E-state index contributed by atoms with van der Waals surface area (Å²) in [6.07, 6.45) is -4.53. The van der Waals surface area contributed by atoms with E-state index in [0.29, 0.717) is 0 Å². The number of anilines is 6. The quantitative estimate of drug-likeness (QED) is 0.125. The number of aliphatic hydroxyl groups is 2. The molecule has 8 heteroatoms. The number of benzene rings is 6. The highest BCUT2D eigenvalue weighted by molar-refractivity contribution is 5.83. The molecule has 0 saturated carbocycles. The zero-order valence-electron chi connectivity index (χ0n) is 26.0. The molecule has 6 aromatic rings. The highest BCUT2D eigenvalue weighted by Gasteiger charge is 2.29. The molecule has 0 saturated heterocycles. The van der Waals surface area contributed by atoms with Crippen molar-refractivity contribution < 1.29 is 30.0 Å². The first-order valence-corrected chi connectivity index (χ1v) is 15.1. The number of nitrogens with zero attached hydrogens (tertiary/aromatic N) is 2. The van der Waals surface area contributed by atoms with E-state index in [0.717, 1.165) is 0 Å². The van der Waals surface area contributed by atoms with Crippen LogP contribution in [0.3, 0.4) is 0 Å². The topological polar surface area (TPSA) is 122 Å². The van der Waals surface area contributed by atoms with E-state index in [1.165, 1.54) is 34.1 Å². The summed E-state index contributed by atoms with van der Waals surface area (Å²) in [6.45, 7) is 0. The molecule has 6 aromatic carbocycles. The van der Waals surface area contributed by atoms with Crippen LogP contribution in [0.2, 0.25) is 0 Å². The molecule has 4 N–H and O–H groups in total. The second-order valence-corrected chi connectivity index (χ2v) is 10.3. The minimum atomic E-state index is -2.27. The van der Waals surface area contributed by atoms with E-state index < -0.39 is 24.1 Å². The lowest BCUT2D eigenvalue weighted by molar-refractivity contribution is -0.165. The van der Waals surface area contributed by atoms with Crippen LogP contribution in [0.5, 0.6) is 0 Å². The minimum Gasteiger partial charge on any atom is -0.479 e. The van der Waals surface area contributed by atoms with Crippen molar-refractivity contribution in [1.29, 1.82) is 0 Å². The van der Waals surface area contributed by atoms with Gasteiger partial charge in [-0.2, -0.15) is 0 Å². The number of aliphatic carboxylic acids is 2. The van der Waals surface area contributed by atoms with E-state index in [1.54, 1.807) is 0 Å². The number of aliphatic hydroxyl groups excluding tert-OH is 2. The first-order valence-electron chi connectivity index (χ1n) is 15.1. The Hall–Kier alpha value is -6.22. The Labute approximate surface area is 279 Å². The third-order valence-electron chi connectivity index (χ3n) is 6.89. The lowest BCUT2D eigenvalue weighted by Gasteiger charge is -2.25. The fourth-order valence-electron chi connectivity index (χ4n) is 4.63. The summed E-state index contributed by atoms with van der Waals surface area (Å²) in [7, 11) is 0. The van der Waals surface area contributed by atoms with Gasteiger partial charge in [0, 0.05) is 34.1 Å². The summed E-state index contributed by atoms with van der Waals surface area (Å²) in [6, 6.07) is 62.5. The van der Waals surface area contributed by atoms with Crippen molar-refractivity contribution in [2.75, 3.05) is 9.80 Å². The zero-order chi connectivity index (χ0) is 34.1. The van der Waals surface area contributed by atoms with Crippen LogP contribution < -0.4 is 9.80 Å². The van der Waals surface area contributed by atoms with Crippen LogP contribution in [0.1, 0.15) is 0 Å². The second kappa shape index (κ2) is 18.1. The number of hydrogen-bond donors (Lipinski definition) is 4. The smallest absolute Gasteiger partial charge is 0.335 e. The molecule has 0 fully saturated rings. The normalized spacial score (nSPS) is 11.3. The average Bonchev–Trinajstić information content (AvgIpc) is 3.14. The van der Waals surface area contributed by atoms with E-state index in [4.69, 9.17) is 20.4 Å². The zero-order valence-corrected chi connectivity index (χ0v) is 26.0. The van der Waals surface area contributed by atoms with Crippen molar-refractivity contribution >= 4 is 46.1 Å². The molecule has 2 atom stereocenters. The molecular weight excluding hydrogens is 604 g/mol. The van der Waals surface area contributed by atoms with Gasteiger partial charge in [-0.3, -0.25) is 0 Å². The van der Waals surface area contributed by atoms with Gasteiger partial charge in [0.25, 0.3) is 0 Å². The Morgan fingerprint density at radius 3 is 0.604 bits per heavy atom. The van der Waals surface area contributed by atoms with Gasteiger partial charge in [-0.05, 0) is 72.8 Å². The molecule has 0 aliphatic rings. The van der Waals surface area contributed by atoms with Crippen LogP contribution in [0.15, 0.2) is 182 Å². The molecular formula is C40H36N2O6. The molecule has 2 unspecified atom stereocenters. The van der Waals surface area contributed by atoms with E-state index in [2.05, 4.69) is 155 Å². The maximum atomic E-state index is 9.77. The molecule has 0 heterocycles. The Kier molecular flexibility index (Phi) is 13.0. The van der Waals surface area contributed by atoms with E-state index in [9.17, 15) is 9.59 Å². The van der Waals surface area contributed by atoms with Gasteiger partial charge in [0.15, 0.2) is 12.2 Å². The van der Waals surface area contributed by atoms with Gasteiger partial charge in [0.1, 0.15) is 0 Å². The number of para-hydroxylation sites is 6. The Balaban J connectivity index is 0.000000172. The fourth-order valence-corrected chi connectivity index (χ4v) is 4.63. The van der Waals surface area contributed by atoms with Crippen molar-refractivity contribution in [2.24, 2.45) is 0 Å². The number of rotatable bonds is 9. The number of carboxylic acid groups (broad SMARTS) is 2. The number of carboxylic acids is 2. The van der Waals surface area contributed by atoms with Crippen LogP contribution in [0.25, 0.3) is 0 Å². The molecule has 0 aromatic heterocycles. The number of carbonyl (C=O) groups is 2. The third-order valence-corrected chi connectivity index (χ3v) is 6.89. The average molecular weight is 641 g/mol. The van der Waals surface area contributed by atoms with Crippen molar-refractivity contribution in [1.82, 2.24) is 0 Å². The van der Waals surface area contributed by atoms with Crippen LogP contribution >= 0.6 is 0 Å². The maximum absolute atomic E-state index is 9.77. The largest absolute Gasteiger partial charge is 0.479 e. The van der Waals surface area contributed by atoms with Crippen LogP contribution in [-0.4, -0.2) is 44.6 Å². The minimum absolute atomic E-state index is 1.17. The molecule has 242 valence electrons. The summed E-state index contributed by atoms with van der Waals surface area (Å²) in [5.41, 5.74) is 7.00. The molecule has 0 spiro atoms. The first-order chi connectivity index (χ1) is 23.4. The summed E-state index contributed by atoms with van der Waals surface area (Å²) in [4.78, 5) is 24.0. The summed E-state index contributed by atoms with van der Waals surface area (Å²) in [5.74, 6) is -3.54. The molecule has 48 heavy (non-hydrogen) atoms. The van der Waals surface area contributed by atoms with Crippen molar-refractivity contribution in [2.45, 2.75) is 12.2 Å². The summed E-state index contributed by atoms with van der Waals surface area (Å²) < 4.78 is 0. The predicted molar refractivity (Wildman–Crippen MR) is 190 cm³/mol. The molecule has 0 amide bonds. The highest BCUT2D eigenvalue weighted by atomic mass is 16.4. The maximum Gasteiger partial charge on any atom is 0.335 e. The van der Waals surface area contributed by atoms with E-state index in [-0.39, 0.29) is 0 Å². The van der Waals surface area contributed by atoms with Crippen LogP contribution in [0, 0.1) is 0 Å². The Bertz CT molecular complexity index is 1470. The Morgan fingerprint density at radius 1 is 0.333 bits per heavy atom. The molecule has 0 aliphatic carbocycles. The predicted octanol–water partition coefficient (Wildman–Crippen LogP) is 8.19. The van der Waals surface area contributed by atoms with Gasteiger partial charge in [-0.1, -0.05) is 109 Å². The Morgan fingerprint density at radius 2 is 0.479 bits per heavy atom. The molecule has 6 rings (SSSR count). The van der Waals surface area contributed by atoms with Gasteiger partial charge in [-0.15, -0.1) is 0 Å². The van der Waals surface area contributed by atoms with Gasteiger partial charge < -0.3 is 30.2 Å². The standard InChI is InChI=1S/2C18H15N.C4H6O6/c2*1-4-10-16(11-5-1)19(17-12-6-2-7-13-17)18-14-8-3-9-15-18;5-1(3(7)8)2(6)4(9)10/h2*1-15H;1-2,5-6H,(H,7,8)(H,9,10). The number of hydrogen-bond acceptors (Lipinski definition) is 6. The monoisotopic (exact) mass is 640 g/mol. The van der Waals surface area contributed by atoms with Crippen molar-refractivity contribution in [3.8, 4) is 0 Å². The lowest BCUT2D eigenvalue weighted by Crippen LogP contribution is -2.39. The fraction of sp³-hybridized carbons (Fsp3) is 0.0500. The van der Waals surface area contributed by atoms with Crippen LogP contribution in [0.4, 0.5) is 34.1 Å². The summed E-state index contributed by atoms with van der Waals surface area (Å²) >= 11 is 0. The van der Waals surface area contributed by atoms with Gasteiger partial charge in [-0.25, -0.2) is 9.59 Å². The molecule has 0 radical (unpaired) electrons. The summed E-state index contributed by atoms with van der Waals surface area (Å²) in [5, 5.41) is 32.5. The van der Waals surface area contributed by atoms with Crippen molar-refractivity contribution in [3.05, 3.63) is 182 Å². The lowest BCUT2D eigenvalue weighted by atomic mass is 10.2. The van der Waals surface area contributed by atoms with E-state index in [1.807, 2.05) is 36.4 Å². The van der Waals surface area contributed by atoms with E-state index >= 15 is 0 Å². The van der Waals surface area contributed by atoms with Gasteiger partial charge >= 0.3 is 11.9 Å². The van der Waals surface area contributed by atoms with Gasteiger partial charge in [0.2, 0.25) is 0 Å². The van der Waals surface area contributed by atoms with Gasteiger partial charge in [0.05, 0.1) is 0 Å². The van der Waals surface area contributed by atoms with Crippen molar-refractivity contribution in [3.63, 3.8) is 0 Å². The highest BCUT2D eigenvalue weighted by Crippen LogP contribution is 2.34. The third kappa shape index (κ3) is 9.89. The molecule has 0 aliphatic heterocycles.